The first kappa shape index (κ1) is 15.5. The molecule has 0 saturated carbocycles. The Labute approximate surface area is 121 Å². The fourth-order valence-electron chi connectivity index (χ4n) is 2.49. The molecule has 2 unspecified atom stereocenters. The van der Waals surface area contributed by atoms with Gasteiger partial charge in [0.25, 0.3) is 0 Å². The quantitative estimate of drug-likeness (QED) is 0.787. The summed E-state index contributed by atoms with van der Waals surface area (Å²) in [4.78, 5) is 3.43. The molecule has 1 aromatic rings. The maximum atomic E-state index is 12.6. The van der Waals surface area contributed by atoms with Crippen LogP contribution in [0.2, 0.25) is 0 Å². The summed E-state index contributed by atoms with van der Waals surface area (Å²) in [5.74, 6) is 0.851. The molecule has 1 saturated heterocycles. The highest BCUT2D eigenvalue weighted by Gasteiger charge is 2.35. The number of sulfonamides is 1. The van der Waals surface area contributed by atoms with Crippen molar-refractivity contribution >= 4 is 10.0 Å². The molecule has 0 aromatic carbocycles. The Morgan fingerprint density at radius 2 is 2.00 bits per heavy atom. The van der Waals surface area contributed by atoms with E-state index in [9.17, 15) is 8.42 Å². The van der Waals surface area contributed by atoms with Crippen LogP contribution in [0.15, 0.2) is 17.2 Å². The van der Waals surface area contributed by atoms with Crippen molar-refractivity contribution in [3.63, 3.8) is 0 Å². The first-order chi connectivity index (χ1) is 9.45. The molecule has 114 valence electrons. The van der Waals surface area contributed by atoms with Crippen molar-refractivity contribution in [2.75, 3.05) is 19.6 Å². The largest absolute Gasteiger partial charge is 0.363 e. The van der Waals surface area contributed by atoms with Crippen LogP contribution in [0.4, 0.5) is 0 Å². The topological polar surface area (TPSA) is 65.2 Å². The molecule has 1 aromatic heterocycles. The first-order valence-electron chi connectivity index (χ1n) is 7.33. The van der Waals surface area contributed by atoms with Gasteiger partial charge in [-0.05, 0) is 30.9 Å². The van der Waals surface area contributed by atoms with Crippen LogP contribution in [-0.2, 0) is 16.6 Å². The molecule has 20 heavy (non-hydrogen) atoms. The fraction of sp³-hybridized carbons (Fsp3) is 0.714. The van der Waals surface area contributed by atoms with Gasteiger partial charge in [-0.25, -0.2) is 8.42 Å². The highest BCUT2D eigenvalue weighted by molar-refractivity contribution is 7.89. The lowest BCUT2D eigenvalue weighted by Gasteiger charge is -2.14. The van der Waals surface area contributed by atoms with Crippen LogP contribution in [0.1, 0.15) is 32.9 Å². The number of rotatable bonds is 6. The van der Waals surface area contributed by atoms with E-state index >= 15 is 0 Å². The standard InChI is InChI=1S/C14H25N3O2S/c1-4-5-15-7-13-6-14(8-16-13)20(18,19)17-9-11(2)12(3)10-17/h6,8,11-12,15-16H,4-5,7,9-10H2,1-3H3. The molecule has 6 heteroatoms. The van der Waals surface area contributed by atoms with Crippen molar-refractivity contribution in [2.45, 2.75) is 38.6 Å². The molecule has 1 fully saturated rings. The van der Waals surface area contributed by atoms with Crippen molar-refractivity contribution in [3.05, 3.63) is 18.0 Å². The Hall–Kier alpha value is -0.850. The summed E-state index contributed by atoms with van der Waals surface area (Å²) in [6.07, 6.45) is 2.67. The Bertz CT molecular complexity index is 528. The number of hydrogen-bond donors (Lipinski definition) is 2. The summed E-state index contributed by atoms with van der Waals surface area (Å²) in [5.41, 5.74) is 0.914. The van der Waals surface area contributed by atoms with E-state index in [0.29, 0.717) is 36.4 Å². The van der Waals surface area contributed by atoms with Gasteiger partial charge in [-0.3, -0.25) is 0 Å². The van der Waals surface area contributed by atoms with E-state index in [2.05, 4.69) is 31.1 Å². The number of aromatic nitrogens is 1. The van der Waals surface area contributed by atoms with E-state index in [1.165, 1.54) is 0 Å². The van der Waals surface area contributed by atoms with Gasteiger partial charge in [0.05, 0.1) is 4.90 Å². The second-order valence-corrected chi connectivity index (χ2v) is 7.75. The third-order valence-electron chi connectivity index (χ3n) is 4.05. The van der Waals surface area contributed by atoms with Crippen LogP contribution in [0.3, 0.4) is 0 Å². The summed E-state index contributed by atoms with van der Waals surface area (Å²) < 4.78 is 26.7. The van der Waals surface area contributed by atoms with Gasteiger partial charge in [-0.1, -0.05) is 20.8 Å². The van der Waals surface area contributed by atoms with Gasteiger partial charge in [0.1, 0.15) is 0 Å². The summed E-state index contributed by atoms with van der Waals surface area (Å²) in [5, 5.41) is 3.26. The van der Waals surface area contributed by atoms with Crippen LogP contribution in [0.25, 0.3) is 0 Å². The van der Waals surface area contributed by atoms with Gasteiger partial charge in [0, 0.05) is 31.5 Å². The van der Waals surface area contributed by atoms with E-state index < -0.39 is 10.0 Å². The van der Waals surface area contributed by atoms with Gasteiger partial charge in [-0.2, -0.15) is 4.31 Å². The lowest BCUT2D eigenvalue weighted by molar-refractivity contribution is 0.463. The minimum absolute atomic E-state index is 0.382. The number of nitrogens with zero attached hydrogens (tertiary/aromatic N) is 1. The smallest absolute Gasteiger partial charge is 0.244 e. The van der Waals surface area contributed by atoms with E-state index in [-0.39, 0.29) is 0 Å². The fourth-order valence-corrected chi connectivity index (χ4v) is 4.15. The summed E-state index contributed by atoms with van der Waals surface area (Å²) >= 11 is 0. The van der Waals surface area contributed by atoms with E-state index in [4.69, 9.17) is 0 Å². The maximum Gasteiger partial charge on any atom is 0.244 e. The number of H-pyrrole nitrogens is 1. The average molecular weight is 299 g/mol. The SMILES string of the molecule is CCCNCc1cc(S(=O)(=O)N2CC(C)C(C)C2)c[nH]1. The Balaban J connectivity index is 2.07. The summed E-state index contributed by atoms with van der Waals surface area (Å²) in [6.45, 7) is 9.18. The molecule has 2 rings (SSSR count). The molecule has 0 radical (unpaired) electrons. The van der Waals surface area contributed by atoms with E-state index in [1.807, 2.05) is 0 Å². The lowest BCUT2D eigenvalue weighted by atomic mass is 10.0. The van der Waals surface area contributed by atoms with E-state index in [0.717, 1.165) is 18.7 Å². The Kier molecular flexibility index (Phi) is 4.88. The molecule has 0 spiro atoms. The predicted octanol–water partition coefficient (Wildman–Crippen LogP) is 1.79. The number of aromatic amines is 1. The molecule has 0 bridgehead atoms. The van der Waals surface area contributed by atoms with Crippen LogP contribution >= 0.6 is 0 Å². The summed E-state index contributed by atoms with van der Waals surface area (Å²) in [6, 6.07) is 1.74. The molecular weight excluding hydrogens is 274 g/mol. The molecule has 0 aliphatic carbocycles. The third kappa shape index (κ3) is 3.24. The molecule has 1 aliphatic rings. The van der Waals surface area contributed by atoms with Crippen molar-refractivity contribution in [1.82, 2.24) is 14.6 Å². The maximum absolute atomic E-state index is 12.6. The Morgan fingerprint density at radius 3 is 2.60 bits per heavy atom. The van der Waals surface area contributed by atoms with Crippen molar-refractivity contribution < 1.29 is 8.42 Å². The monoisotopic (exact) mass is 299 g/mol. The van der Waals surface area contributed by atoms with Crippen molar-refractivity contribution in [3.8, 4) is 0 Å². The van der Waals surface area contributed by atoms with Gasteiger partial charge < -0.3 is 10.3 Å². The van der Waals surface area contributed by atoms with E-state index in [1.54, 1.807) is 16.6 Å². The van der Waals surface area contributed by atoms with Gasteiger partial charge in [0.2, 0.25) is 10.0 Å². The second kappa shape index (κ2) is 6.28. The van der Waals surface area contributed by atoms with Crippen LogP contribution in [0.5, 0.6) is 0 Å². The summed E-state index contributed by atoms with van der Waals surface area (Å²) in [7, 11) is -3.34. The zero-order valence-electron chi connectivity index (χ0n) is 12.5. The molecule has 2 atom stereocenters. The lowest BCUT2D eigenvalue weighted by Crippen LogP contribution is -2.28. The minimum atomic E-state index is -3.34. The highest BCUT2D eigenvalue weighted by Crippen LogP contribution is 2.28. The van der Waals surface area contributed by atoms with Gasteiger partial charge in [0.15, 0.2) is 0 Å². The highest BCUT2D eigenvalue weighted by atomic mass is 32.2. The number of hydrogen-bond acceptors (Lipinski definition) is 3. The van der Waals surface area contributed by atoms with Gasteiger partial charge in [-0.15, -0.1) is 0 Å². The molecule has 2 N–H and O–H groups in total. The van der Waals surface area contributed by atoms with Crippen molar-refractivity contribution in [2.24, 2.45) is 11.8 Å². The van der Waals surface area contributed by atoms with Crippen LogP contribution in [-0.4, -0.2) is 37.3 Å². The molecule has 0 amide bonds. The molecule has 2 heterocycles. The minimum Gasteiger partial charge on any atom is -0.363 e. The average Bonchev–Trinajstić information content (AvgIpc) is 2.99. The zero-order chi connectivity index (χ0) is 14.8. The third-order valence-corrected chi connectivity index (χ3v) is 5.86. The second-order valence-electron chi connectivity index (χ2n) is 5.81. The van der Waals surface area contributed by atoms with Crippen LogP contribution in [0, 0.1) is 11.8 Å². The molecular formula is C14H25N3O2S. The molecule has 5 nitrogen and oxygen atoms in total. The number of nitrogens with one attached hydrogen (secondary N) is 2. The van der Waals surface area contributed by atoms with Crippen molar-refractivity contribution in [1.29, 1.82) is 0 Å². The Morgan fingerprint density at radius 1 is 1.35 bits per heavy atom. The van der Waals surface area contributed by atoms with Gasteiger partial charge >= 0.3 is 0 Å². The predicted molar refractivity (Wildman–Crippen MR) is 79.9 cm³/mol. The normalized spacial score (nSPS) is 24.4. The zero-order valence-corrected chi connectivity index (χ0v) is 13.3. The molecule has 1 aliphatic heterocycles. The first-order valence-corrected chi connectivity index (χ1v) is 8.77. The van der Waals surface area contributed by atoms with Crippen LogP contribution < -0.4 is 5.32 Å².